The van der Waals surface area contributed by atoms with E-state index in [1.807, 2.05) is 73.3 Å². The van der Waals surface area contributed by atoms with Gasteiger partial charge in [-0.3, -0.25) is 4.79 Å². The Labute approximate surface area is 159 Å². The lowest BCUT2D eigenvalue weighted by Crippen LogP contribution is -2.65. The van der Waals surface area contributed by atoms with Gasteiger partial charge in [0.1, 0.15) is 11.9 Å². The van der Waals surface area contributed by atoms with Gasteiger partial charge < -0.3 is 14.4 Å². The van der Waals surface area contributed by atoms with Crippen molar-refractivity contribution in [2.45, 2.75) is 31.6 Å². The zero-order valence-corrected chi connectivity index (χ0v) is 15.8. The molecule has 1 amide bonds. The predicted octanol–water partition coefficient (Wildman–Crippen LogP) is 4.07. The lowest BCUT2D eigenvalue weighted by Gasteiger charge is -2.47. The summed E-state index contributed by atoms with van der Waals surface area (Å²) >= 11 is 0. The third-order valence-corrected chi connectivity index (χ3v) is 5.54. The van der Waals surface area contributed by atoms with Gasteiger partial charge in [0.05, 0.1) is 24.7 Å². The van der Waals surface area contributed by atoms with Crippen molar-refractivity contribution < 1.29 is 14.3 Å². The van der Waals surface area contributed by atoms with E-state index in [1.54, 1.807) is 7.11 Å². The molecule has 0 aromatic heterocycles. The van der Waals surface area contributed by atoms with E-state index in [1.165, 1.54) is 0 Å². The van der Waals surface area contributed by atoms with Crippen LogP contribution in [-0.4, -0.2) is 30.8 Å². The van der Waals surface area contributed by atoms with Crippen molar-refractivity contribution in [1.29, 1.82) is 0 Å². The van der Waals surface area contributed by atoms with Crippen LogP contribution in [0.5, 0.6) is 5.75 Å². The van der Waals surface area contributed by atoms with Gasteiger partial charge in [-0.05, 0) is 43.7 Å². The second-order valence-corrected chi connectivity index (χ2v) is 7.47. The van der Waals surface area contributed by atoms with Crippen LogP contribution in [0.3, 0.4) is 0 Å². The van der Waals surface area contributed by atoms with E-state index < -0.39 is 5.60 Å². The number of anilines is 1. The van der Waals surface area contributed by atoms with E-state index in [2.05, 4.69) is 12.3 Å². The summed E-state index contributed by atoms with van der Waals surface area (Å²) in [6, 6.07) is 17.5. The third kappa shape index (κ3) is 2.69. The van der Waals surface area contributed by atoms with Gasteiger partial charge >= 0.3 is 0 Å². The number of β-lactam (4-membered cyclic amide) rings is 1. The fraction of sp³-hybridized carbons (Fsp3) is 0.304. The molecule has 0 saturated carbocycles. The van der Waals surface area contributed by atoms with Crippen LogP contribution in [0.25, 0.3) is 5.57 Å². The Morgan fingerprint density at radius 3 is 2.41 bits per heavy atom. The normalized spacial score (nSPS) is 25.4. The Balaban J connectivity index is 1.73. The first-order chi connectivity index (χ1) is 13.0. The molecule has 4 heteroatoms. The molecule has 138 valence electrons. The summed E-state index contributed by atoms with van der Waals surface area (Å²) in [5, 5.41) is 0. The van der Waals surface area contributed by atoms with Gasteiger partial charge in [0.15, 0.2) is 0 Å². The van der Waals surface area contributed by atoms with Crippen LogP contribution in [0.4, 0.5) is 5.69 Å². The van der Waals surface area contributed by atoms with E-state index in [9.17, 15) is 4.79 Å². The lowest BCUT2D eigenvalue weighted by molar-refractivity contribution is -0.133. The Kier molecular flexibility index (Phi) is 4.18. The monoisotopic (exact) mass is 361 g/mol. The van der Waals surface area contributed by atoms with Gasteiger partial charge in [-0.25, -0.2) is 0 Å². The van der Waals surface area contributed by atoms with Crippen LogP contribution in [0.15, 0.2) is 66.9 Å². The molecular weight excluding hydrogens is 338 g/mol. The molecule has 2 aliphatic rings. The summed E-state index contributed by atoms with van der Waals surface area (Å²) in [6.07, 6.45) is -0.273. The van der Waals surface area contributed by atoms with Gasteiger partial charge in [-0.2, -0.15) is 0 Å². The topological polar surface area (TPSA) is 38.8 Å². The number of amides is 1. The molecule has 0 aliphatic carbocycles. The molecular formula is C23H23NO3. The average Bonchev–Trinajstić information content (AvgIpc) is 2.90. The predicted molar refractivity (Wildman–Crippen MR) is 106 cm³/mol. The lowest BCUT2D eigenvalue weighted by atomic mass is 9.75. The molecule has 0 N–H and O–H groups in total. The number of carbonyl (C=O) groups excluding carboxylic acids is 1. The minimum atomic E-state index is -0.535. The molecule has 2 aromatic carbocycles. The molecule has 2 aromatic rings. The van der Waals surface area contributed by atoms with Crippen LogP contribution in [0.2, 0.25) is 0 Å². The molecule has 4 rings (SSSR count). The van der Waals surface area contributed by atoms with Crippen LogP contribution < -0.4 is 9.64 Å². The summed E-state index contributed by atoms with van der Waals surface area (Å²) in [6.45, 7) is 7.86. The first-order valence-electron chi connectivity index (χ1n) is 9.08. The zero-order chi connectivity index (χ0) is 19.2. The van der Waals surface area contributed by atoms with Crippen molar-refractivity contribution in [1.82, 2.24) is 0 Å². The highest BCUT2D eigenvalue weighted by molar-refractivity contribution is 6.05. The maximum atomic E-state index is 13.0. The van der Waals surface area contributed by atoms with E-state index in [0.29, 0.717) is 0 Å². The molecule has 2 heterocycles. The first kappa shape index (κ1) is 17.6. The van der Waals surface area contributed by atoms with Crippen LogP contribution in [-0.2, 0) is 9.53 Å². The number of nitrogens with zero attached hydrogens (tertiary/aromatic N) is 1. The van der Waals surface area contributed by atoms with Crippen molar-refractivity contribution in [3.8, 4) is 5.75 Å². The molecule has 2 aliphatic heterocycles. The van der Waals surface area contributed by atoms with E-state index in [4.69, 9.17) is 9.47 Å². The summed E-state index contributed by atoms with van der Waals surface area (Å²) in [7, 11) is 1.63. The standard InChI is InChI=1S/C23H23NO3/c1-5-18(15-9-7-6-8-10-15)21-20-19(23(2,3)27-21)22(25)24(20)16-11-13-17(26-4)14-12-16/h6-14,19-21H,1H2,2-4H3/t19-,20-,21+/m0/s1. The minimum Gasteiger partial charge on any atom is -0.497 e. The smallest absolute Gasteiger partial charge is 0.235 e. The first-order valence-corrected chi connectivity index (χ1v) is 9.08. The number of rotatable bonds is 4. The fourth-order valence-electron chi connectivity index (χ4n) is 4.26. The van der Waals surface area contributed by atoms with Crippen molar-refractivity contribution in [2.24, 2.45) is 5.92 Å². The van der Waals surface area contributed by atoms with Gasteiger partial charge in [-0.15, -0.1) is 5.73 Å². The van der Waals surface area contributed by atoms with E-state index >= 15 is 0 Å². The molecule has 0 radical (unpaired) electrons. The number of hydrogen-bond donors (Lipinski definition) is 0. The second-order valence-electron chi connectivity index (χ2n) is 7.47. The number of ether oxygens (including phenoxy) is 2. The maximum Gasteiger partial charge on any atom is 0.235 e. The number of hydrogen-bond acceptors (Lipinski definition) is 3. The summed E-state index contributed by atoms with van der Waals surface area (Å²) < 4.78 is 11.6. The molecule has 0 unspecified atom stereocenters. The highest BCUT2D eigenvalue weighted by Gasteiger charge is 2.65. The summed E-state index contributed by atoms with van der Waals surface area (Å²) in [4.78, 5) is 14.8. The number of benzene rings is 2. The summed E-state index contributed by atoms with van der Waals surface area (Å²) in [5.74, 6) is 0.671. The van der Waals surface area contributed by atoms with Crippen molar-refractivity contribution in [3.63, 3.8) is 0 Å². The van der Waals surface area contributed by atoms with Crippen LogP contribution in [0, 0.1) is 5.92 Å². The number of fused-ring (bicyclic) bond motifs is 1. The fourth-order valence-corrected chi connectivity index (χ4v) is 4.26. The average molecular weight is 361 g/mol. The number of methoxy groups -OCH3 is 1. The van der Waals surface area contributed by atoms with Crippen LogP contribution >= 0.6 is 0 Å². The Morgan fingerprint density at radius 2 is 1.81 bits per heavy atom. The van der Waals surface area contributed by atoms with Gasteiger partial charge in [0, 0.05) is 11.3 Å². The maximum absolute atomic E-state index is 13.0. The molecule has 27 heavy (non-hydrogen) atoms. The highest BCUT2D eigenvalue weighted by atomic mass is 16.5. The number of carbonyl (C=O) groups is 1. The van der Waals surface area contributed by atoms with Gasteiger partial charge in [-0.1, -0.05) is 36.9 Å². The van der Waals surface area contributed by atoms with Crippen LogP contribution in [0.1, 0.15) is 19.4 Å². The zero-order valence-electron chi connectivity index (χ0n) is 15.8. The van der Waals surface area contributed by atoms with E-state index in [0.717, 1.165) is 22.6 Å². The molecule has 0 spiro atoms. The Hall–Kier alpha value is -2.81. The molecule has 4 nitrogen and oxygen atoms in total. The Morgan fingerprint density at radius 1 is 1.15 bits per heavy atom. The third-order valence-electron chi connectivity index (χ3n) is 5.54. The van der Waals surface area contributed by atoms with Crippen molar-refractivity contribution in [3.05, 3.63) is 72.5 Å². The molecule has 0 bridgehead atoms. The summed E-state index contributed by atoms with van der Waals surface area (Å²) in [5.41, 5.74) is 5.30. The molecule has 2 fully saturated rings. The largest absolute Gasteiger partial charge is 0.497 e. The van der Waals surface area contributed by atoms with E-state index in [-0.39, 0.29) is 24.0 Å². The Bertz CT molecular complexity index is 910. The molecule has 3 atom stereocenters. The highest BCUT2D eigenvalue weighted by Crippen LogP contribution is 2.51. The van der Waals surface area contributed by atoms with Crippen molar-refractivity contribution in [2.75, 3.05) is 12.0 Å². The van der Waals surface area contributed by atoms with Gasteiger partial charge in [0.25, 0.3) is 0 Å². The minimum absolute atomic E-state index is 0.0784. The van der Waals surface area contributed by atoms with Crippen molar-refractivity contribution >= 4 is 17.2 Å². The second kappa shape index (κ2) is 6.41. The quantitative estimate of drug-likeness (QED) is 0.609. The van der Waals surface area contributed by atoms with Gasteiger partial charge in [0.2, 0.25) is 5.91 Å². The molecule has 2 saturated heterocycles. The SMILES string of the molecule is C=C=C(c1ccccc1)[C@H]1OC(C)(C)[C@@H]2C(=O)N(c3ccc(OC)cc3)[C@H]12.